The maximum absolute atomic E-state index is 9.91. The summed E-state index contributed by atoms with van der Waals surface area (Å²) in [6, 6.07) is -0.949. The summed E-state index contributed by atoms with van der Waals surface area (Å²) in [7, 11) is 0. The number of diazo groups is 1. The molecule has 0 radical (unpaired) electrons. The summed E-state index contributed by atoms with van der Waals surface area (Å²) in [5.41, 5.74) is 0. The third-order valence-electron chi connectivity index (χ3n) is 0.811. The van der Waals surface area contributed by atoms with Crippen LogP contribution in [0.2, 0.25) is 0 Å². The van der Waals surface area contributed by atoms with E-state index in [9.17, 15) is 4.79 Å². The van der Waals surface area contributed by atoms with Crippen LogP contribution in [0.1, 0.15) is 13.3 Å². The lowest BCUT2D eigenvalue weighted by Crippen LogP contribution is -2.13. The van der Waals surface area contributed by atoms with Gasteiger partial charge in [-0.15, -0.1) is 0 Å². The van der Waals surface area contributed by atoms with Gasteiger partial charge < -0.3 is 5.11 Å². The standard InChI is InChI=1S/C4H6N2O2/c1-2-3(6-5)4(7)8/h3H,2H2,1H3/p+1/t3-/m1/s1. The summed E-state index contributed by atoms with van der Waals surface area (Å²) in [5, 5.41) is 16.1. The molecule has 0 unspecified atom stereocenters. The molecule has 0 heterocycles. The van der Waals surface area contributed by atoms with Crippen molar-refractivity contribution in [1.29, 1.82) is 5.39 Å². The minimum atomic E-state index is -1.09. The first-order valence-corrected chi connectivity index (χ1v) is 2.29. The van der Waals surface area contributed by atoms with E-state index in [1.54, 1.807) is 6.92 Å². The fraction of sp³-hybridized carbons (Fsp3) is 0.750. The molecule has 4 heteroatoms. The van der Waals surface area contributed by atoms with Crippen molar-refractivity contribution in [2.45, 2.75) is 19.4 Å². The van der Waals surface area contributed by atoms with Crippen LogP contribution in [-0.4, -0.2) is 17.1 Å². The van der Waals surface area contributed by atoms with Gasteiger partial charge in [-0.3, -0.25) is 0 Å². The zero-order chi connectivity index (χ0) is 6.57. The van der Waals surface area contributed by atoms with Crippen LogP contribution in [0.4, 0.5) is 0 Å². The number of nitrogens with zero attached hydrogens (tertiary/aromatic N) is 2. The van der Waals surface area contributed by atoms with Crippen molar-refractivity contribution in [3.8, 4) is 0 Å². The molecule has 0 fully saturated rings. The quantitative estimate of drug-likeness (QED) is 0.539. The average molecular weight is 115 g/mol. The third-order valence-corrected chi connectivity index (χ3v) is 0.811. The van der Waals surface area contributed by atoms with Gasteiger partial charge in [0.15, 0.2) is 0 Å². The topological polar surface area (TPSA) is 65.5 Å². The van der Waals surface area contributed by atoms with Crippen molar-refractivity contribution < 1.29 is 9.90 Å². The molecule has 0 aliphatic rings. The molecule has 8 heavy (non-hydrogen) atoms. The molecular formula is C4H7N2O2+. The summed E-state index contributed by atoms with van der Waals surface area (Å²) < 4.78 is 0. The lowest BCUT2D eigenvalue weighted by molar-refractivity contribution is -0.137. The van der Waals surface area contributed by atoms with Crippen LogP contribution in [0.3, 0.4) is 0 Å². The molecule has 44 valence electrons. The van der Waals surface area contributed by atoms with Crippen LogP contribution < -0.4 is 0 Å². The molecule has 0 aromatic carbocycles. The molecule has 0 aromatic heterocycles. The molecule has 0 aliphatic heterocycles. The minimum Gasteiger partial charge on any atom is -0.475 e. The summed E-state index contributed by atoms with van der Waals surface area (Å²) in [6.07, 6.45) is 0.325. The lowest BCUT2D eigenvalue weighted by Gasteiger charge is -1.81. The number of hydrogen-bond acceptors (Lipinski definition) is 2. The predicted octanol–water partition coefficient (Wildman–Crippen LogP) is 0.703. The Balaban J connectivity index is 3.76. The van der Waals surface area contributed by atoms with Crippen molar-refractivity contribution in [3.63, 3.8) is 0 Å². The zero-order valence-corrected chi connectivity index (χ0v) is 4.53. The highest BCUT2D eigenvalue weighted by Crippen LogP contribution is 1.94. The molecule has 1 atom stereocenters. The number of aliphatic carboxylic acids is 1. The first-order chi connectivity index (χ1) is 3.72. The predicted molar refractivity (Wildman–Crippen MR) is 26.8 cm³/mol. The second-order valence-electron chi connectivity index (χ2n) is 1.38. The second kappa shape index (κ2) is 2.97. The molecule has 1 N–H and O–H groups in total. The number of rotatable bonds is 2. The van der Waals surface area contributed by atoms with Gasteiger partial charge in [0, 0.05) is 6.42 Å². The van der Waals surface area contributed by atoms with E-state index in [1.807, 2.05) is 0 Å². The van der Waals surface area contributed by atoms with Crippen LogP contribution in [0, 0.1) is 5.39 Å². The van der Waals surface area contributed by atoms with Crippen LogP contribution >= 0.6 is 0 Å². The van der Waals surface area contributed by atoms with E-state index < -0.39 is 12.0 Å². The number of hydrogen-bond donors (Lipinski definition) is 1. The Bertz CT molecular complexity index is 126. The Morgan fingerprint density at radius 2 is 2.50 bits per heavy atom. The second-order valence-corrected chi connectivity index (χ2v) is 1.38. The lowest BCUT2D eigenvalue weighted by atomic mass is 10.2. The van der Waals surface area contributed by atoms with Gasteiger partial charge in [0.2, 0.25) is 5.39 Å². The SMILES string of the molecule is CC[C@@H]([N+]#N)C(=O)O. The van der Waals surface area contributed by atoms with Crippen molar-refractivity contribution in [2.24, 2.45) is 0 Å². The van der Waals surface area contributed by atoms with E-state index >= 15 is 0 Å². The maximum atomic E-state index is 9.91. The van der Waals surface area contributed by atoms with Gasteiger partial charge >= 0.3 is 12.0 Å². The zero-order valence-electron chi connectivity index (χ0n) is 4.53. The van der Waals surface area contributed by atoms with E-state index in [1.165, 1.54) is 0 Å². The fourth-order valence-corrected chi connectivity index (χ4v) is 0.306. The van der Waals surface area contributed by atoms with Gasteiger partial charge in [0.25, 0.3) is 0 Å². The molecule has 0 saturated carbocycles. The Labute approximate surface area is 46.8 Å². The molecule has 0 spiro atoms. The van der Waals surface area contributed by atoms with Crippen LogP contribution in [0.25, 0.3) is 4.98 Å². The summed E-state index contributed by atoms with van der Waals surface area (Å²) in [4.78, 5) is 12.5. The molecule has 0 amide bonds. The van der Waals surface area contributed by atoms with Gasteiger partial charge in [0.05, 0.1) is 0 Å². The maximum Gasteiger partial charge on any atom is 0.407 e. The monoisotopic (exact) mass is 115 g/mol. The fourth-order valence-electron chi connectivity index (χ4n) is 0.306. The molecule has 0 bridgehead atoms. The molecule has 0 saturated heterocycles. The first-order valence-electron chi connectivity index (χ1n) is 2.29. The normalized spacial score (nSPS) is 12.0. The molecule has 4 nitrogen and oxygen atoms in total. The van der Waals surface area contributed by atoms with Crippen LogP contribution in [-0.2, 0) is 4.79 Å². The van der Waals surface area contributed by atoms with Crippen LogP contribution in [0.15, 0.2) is 0 Å². The first kappa shape index (κ1) is 6.89. The van der Waals surface area contributed by atoms with Gasteiger partial charge in [-0.1, -0.05) is 6.92 Å². The van der Waals surface area contributed by atoms with Crippen LogP contribution in [0.5, 0.6) is 0 Å². The molecule has 0 aromatic rings. The van der Waals surface area contributed by atoms with Gasteiger partial charge in [0.1, 0.15) is 4.98 Å². The smallest absolute Gasteiger partial charge is 0.407 e. The van der Waals surface area contributed by atoms with E-state index in [4.69, 9.17) is 10.5 Å². The van der Waals surface area contributed by atoms with Crippen molar-refractivity contribution in [3.05, 3.63) is 4.98 Å². The Hall–Kier alpha value is -1.11. The number of carboxylic acid groups (broad SMARTS) is 1. The van der Waals surface area contributed by atoms with Crippen molar-refractivity contribution in [2.75, 3.05) is 0 Å². The number of carbonyl (C=O) groups is 1. The Morgan fingerprint density at radius 3 is 2.50 bits per heavy atom. The third kappa shape index (κ3) is 1.56. The largest absolute Gasteiger partial charge is 0.475 e. The summed E-state index contributed by atoms with van der Waals surface area (Å²) in [6.45, 7) is 1.64. The molecule has 0 aliphatic carbocycles. The van der Waals surface area contributed by atoms with E-state index in [0.717, 1.165) is 0 Å². The Morgan fingerprint density at radius 1 is 2.00 bits per heavy atom. The minimum absolute atomic E-state index is 0.325. The van der Waals surface area contributed by atoms with Gasteiger partial charge in [-0.05, 0) is 0 Å². The highest BCUT2D eigenvalue weighted by Gasteiger charge is 2.26. The van der Waals surface area contributed by atoms with Crippen molar-refractivity contribution in [1.82, 2.24) is 0 Å². The molecule has 0 rings (SSSR count). The summed E-state index contributed by atoms with van der Waals surface area (Å²) >= 11 is 0. The number of carboxylic acids is 1. The van der Waals surface area contributed by atoms with E-state index in [0.29, 0.717) is 6.42 Å². The van der Waals surface area contributed by atoms with Crippen molar-refractivity contribution >= 4 is 5.97 Å². The Kier molecular flexibility index (Phi) is 2.56. The van der Waals surface area contributed by atoms with Gasteiger partial charge in [-0.25, -0.2) is 4.79 Å². The van der Waals surface area contributed by atoms with Gasteiger partial charge in [-0.2, -0.15) is 0 Å². The molecular weight excluding hydrogens is 108 g/mol. The highest BCUT2D eigenvalue weighted by molar-refractivity contribution is 5.75. The van der Waals surface area contributed by atoms with E-state index in [-0.39, 0.29) is 0 Å². The van der Waals surface area contributed by atoms with E-state index in [2.05, 4.69) is 4.98 Å². The summed E-state index contributed by atoms with van der Waals surface area (Å²) in [5.74, 6) is -1.09. The average Bonchev–Trinajstić information content (AvgIpc) is 1.69. The highest BCUT2D eigenvalue weighted by atomic mass is 16.4.